The Morgan fingerprint density at radius 2 is 2.00 bits per heavy atom. The lowest BCUT2D eigenvalue weighted by molar-refractivity contribution is 0.340. The molecule has 19 heavy (non-hydrogen) atoms. The van der Waals surface area contributed by atoms with Crippen LogP contribution in [0.5, 0.6) is 0 Å². The summed E-state index contributed by atoms with van der Waals surface area (Å²) in [6.07, 6.45) is 7.31. The maximum Gasteiger partial charge on any atom is 0.131 e. The van der Waals surface area contributed by atoms with Gasteiger partial charge in [0, 0.05) is 25.8 Å². The minimum atomic E-state index is 0.664. The van der Waals surface area contributed by atoms with E-state index in [-0.39, 0.29) is 0 Å². The summed E-state index contributed by atoms with van der Waals surface area (Å²) in [7, 11) is 4.17. The third-order valence-electron chi connectivity index (χ3n) is 4.36. The van der Waals surface area contributed by atoms with Crippen molar-refractivity contribution < 1.29 is 0 Å². The molecule has 1 saturated carbocycles. The summed E-state index contributed by atoms with van der Waals surface area (Å²) in [4.78, 5) is 7.07. The molecule has 1 aromatic heterocycles. The summed E-state index contributed by atoms with van der Waals surface area (Å²) in [6.45, 7) is 5.43. The van der Waals surface area contributed by atoms with Crippen LogP contribution >= 0.6 is 0 Å². The van der Waals surface area contributed by atoms with E-state index in [2.05, 4.69) is 42.2 Å². The standard InChI is InChI=1S/C16H27N3/c1-12-5-7-15(8-6-12)19(4)16-13(2)9-14(10-17-3)11-18-16/h9,11-12,15,17H,5-8,10H2,1-4H3. The van der Waals surface area contributed by atoms with Crippen LogP contribution in [-0.2, 0) is 6.54 Å². The zero-order valence-electron chi connectivity index (χ0n) is 12.7. The van der Waals surface area contributed by atoms with Gasteiger partial charge in [0.15, 0.2) is 0 Å². The molecule has 106 valence electrons. The lowest BCUT2D eigenvalue weighted by Gasteiger charge is -2.35. The number of nitrogens with one attached hydrogen (secondary N) is 1. The van der Waals surface area contributed by atoms with Gasteiger partial charge in [-0.1, -0.05) is 6.92 Å². The highest BCUT2D eigenvalue weighted by molar-refractivity contribution is 5.47. The molecule has 1 fully saturated rings. The Kier molecular flexibility index (Phi) is 4.81. The first-order valence-electron chi connectivity index (χ1n) is 7.44. The molecule has 0 aliphatic heterocycles. The molecule has 3 nitrogen and oxygen atoms in total. The van der Waals surface area contributed by atoms with Crippen LogP contribution in [0.1, 0.15) is 43.7 Å². The van der Waals surface area contributed by atoms with Gasteiger partial charge in [-0.05, 0) is 62.8 Å². The predicted molar refractivity (Wildman–Crippen MR) is 81.6 cm³/mol. The van der Waals surface area contributed by atoms with Crippen molar-refractivity contribution in [1.29, 1.82) is 0 Å². The van der Waals surface area contributed by atoms with Gasteiger partial charge in [0.2, 0.25) is 0 Å². The molecule has 0 spiro atoms. The van der Waals surface area contributed by atoms with Crippen molar-refractivity contribution in [2.75, 3.05) is 19.0 Å². The Morgan fingerprint density at radius 3 is 2.58 bits per heavy atom. The fourth-order valence-electron chi connectivity index (χ4n) is 3.10. The fourth-order valence-corrected chi connectivity index (χ4v) is 3.10. The maximum absolute atomic E-state index is 4.68. The van der Waals surface area contributed by atoms with E-state index in [4.69, 9.17) is 0 Å². The second-order valence-electron chi connectivity index (χ2n) is 6.04. The van der Waals surface area contributed by atoms with Gasteiger partial charge in [-0.25, -0.2) is 4.98 Å². The molecular formula is C16H27N3. The quantitative estimate of drug-likeness (QED) is 0.902. The summed E-state index contributed by atoms with van der Waals surface area (Å²) in [6, 6.07) is 2.92. The molecular weight excluding hydrogens is 234 g/mol. The van der Waals surface area contributed by atoms with Crippen molar-refractivity contribution in [1.82, 2.24) is 10.3 Å². The third kappa shape index (κ3) is 3.47. The molecule has 2 rings (SSSR count). The normalized spacial score (nSPS) is 23.4. The van der Waals surface area contributed by atoms with Crippen LogP contribution in [0.4, 0.5) is 5.82 Å². The topological polar surface area (TPSA) is 28.2 Å². The highest BCUT2D eigenvalue weighted by Crippen LogP contribution is 2.29. The van der Waals surface area contributed by atoms with Gasteiger partial charge in [0.05, 0.1) is 0 Å². The number of hydrogen-bond acceptors (Lipinski definition) is 3. The molecule has 1 aliphatic carbocycles. The Labute approximate surface area is 117 Å². The Bertz CT molecular complexity index is 408. The number of aromatic nitrogens is 1. The van der Waals surface area contributed by atoms with Gasteiger partial charge in [0.1, 0.15) is 5.82 Å². The lowest BCUT2D eigenvalue weighted by atomic mass is 9.86. The summed E-state index contributed by atoms with van der Waals surface area (Å²) in [5.74, 6) is 2.05. The predicted octanol–water partition coefficient (Wildman–Crippen LogP) is 3.12. The molecule has 1 aliphatic rings. The zero-order chi connectivity index (χ0) is 13.8. The monoisotopic (exact) mass is 261 g/mol. The summed E-state index contributed by atoms with van der Waals surface area (Å²) in [5.41, 5.74) is 2.54. The van der Waals surface area contributed by atoms with Crippen LogP contribution in [0, 0.1) is 12.8 Å². The molecule has 0 saturated heterocycles. The van der Waals surface area contributed by atoms with Gasteiger partial charge in [-0.15, -0.1) is 0 Å². The van der Waals surface area contributed by atoms with Gasteiger partial charge in [-0.2, -0.15) is 0 Å². The Morgan fingerprint density at radius 1 is 1.32 bits per heavy atom. The van der Waals surface area contributed by atoms with Crippen molar-refractivity contribution in [3.63, 3.8) is 0 Å². The van der Waals surface area contributed by atoms with Crippen LogP contribution in [0.3, 0.4) is 0 Å². The van der Waals surface area contributed by atoms with Crippen LogP contribution in [-0.4, -0.2) is 25.1 Å². The highest BCUT2D eigenvalue weighted by Gasteiger charge is 2.23. The van der Waals surface area contributed by atoms with Crippen molar-refractivity contribution in [2.45, 2.75) is 52.1 Å². The average Bonchev–Trinajstić information content (AvgIpc) is 2.39. The lowest BCUT2D eigenvalue weighted by Crippen LogP contribution is -2.35. The zero-order valence-corrected chi connectivity index (χ0v) is 12.7. The Balaban J connectivity index is 2.08. The molecule has 1 N–H and O–H groups in total. The number of aryl methyl sites for hydroxylation is 1. The number of rotatable bonds is 4. The van der Waals surface area contributed by atoms with Crippen LogP contribution < -0.4 is 10.2 Å². The molecule has 0 atom stereocenters. The summed E-state index contributed by atoms with van der Waals surface area (Å²) in [5, 5.41) is 3.17. The molecule has 3 heteroatoms. The first-order chi connectivity index (χ1) is 9.11. The number of anilines is 1. The van der Waals surface area contributed by atoms with Crippen molar-refractivity contribution in [2.24, 2.45) is 5.92 Å². The fraction of sp³-hybridized carbons (Fsp3) is 0.688. The molecule has 0 aromatic carbocycles. The largest absolute Gasteiger partial charge is 0.356 e. The van der Waals surface area contributed by atoms with E-state index in [1.807, 2.05) is 13.2 Å². The van der Waals surface area contributed by atoms with Crippen LogP contribution in [0.25, 0.3) is 0 Å². The van der Waals surface area contributed by atoms with Crippen molar-refractivity contribution in [3.05, 3.63) is 23.4 Å². The maximum atomic E-state index is 4.68. The van der Waals surface area contributed by atoms with E-state index < -0.39 is 0 Å². The molecule has 0 bridgehead atoms. The minimum absolute atomic E-state index is 0.664. The average molecular weight is 261 g/mol. The van der Waals surface area contributed by atoms with Crippen molar-refractivity contribution >= 4 is 5.82 Å². The van der Waals surface area contributed by atoms with Gasteiger partial charge in [0.25, 0.3) is 0 Å². The molecule has 0 unspecified atom stereocenters. The van der Waals surface area contributed by atoms with E-state index in [0.29, 0.717) is 6.04 Å². The van der Waals surface area contributed by atoms with Gasteiger partial charge in [-0.3, -0.25) is 0 Å². The molecule has 1 aromatic rings. The molecule has 0 amide bonds. The highest BCUT2D eigenvalue weighted by atomic mass is 15.2. The Hall–Kier alpha value is -1.09. The third-order valence-corrected chi connectivity index (χ3v) is 4.36. The number of nitrogens with zero attached hydrogens (tertiary/aromatic N) is 2. The van der Waals surface area contributed by atoms with E-state index in [1.165, 1.54) is 36.8 Å². The van der Waals surface area contributed by atoms with Crippen LogP contribution in [0.2, 0.25) is 0 Å². The summed E-state index contributed by atoms with van der Waals surface area (Å²) < 4.78 is 0. The van der Waals surface area contributed by atoms with E-state index in [9.17, 15) is 0 Å². The van der Waals surface area contributed by atoms with E-state index in [0.717, 1.165) is 18.3 Å². The first kappa shape index (κ1) is 14.3. The number of pyridine rings is 1. The molecule has 0 radical (unpaired) electrons. The van der Waals surface area contributed by atoms with Gasteiger partial charge < -0.3 is 10.2 Å². The van der Waals surface area contributed by atoms with E-state index >= 15 is 0 Å². The van der Waals surface area contributed by atoms with Crippen LogP contribution in [0.15, 0.2) is 12.3 Å². The minimum Gasteiger partial charge on any atom is -0.356 e. The second kappa shape index (κ2) is 6.38. The van der Waals surface area contributed by atoms with Crippen molar-refractivity contribution in [3.8, 4) is 0 Å². The second-order valence-corrected chi connectivity index (χ2v) is 6.04. The van der Waals surface area contributed by atoms with E-state index in [1.54, 1.807) is 0 Å². The first-order valence-corrected chi connectivity index (χ1v) is 7.44. The SMILES string of the molecule is CNCc1cnc(N(C)C2CCC(C)CC2)c(C)c1. The molecule has 1 heterocycles. The van der Waals surface area contributed by atoms with Gasteiger partial charge >= 0.3 is 0 Å². The summed E-state index contributed by atoms with van der Waals surface area (Å²) >= 11 is 0. The smallest absolute Gasteiger partial charge is 0.131 e. The number of hydrogen-bond donors (Lipinski definition) is 1.